The van der Waals surface area contributed by atoms with Crippen molar-refractivity contribution < 1.29 is 0 Å². The summed E-state index contributed by atoms with van der Waals surface area (Å²) in [6.07, 6.45) is 4.58. The number of thioether (sulfide) groups is 1. The van der Waals surface area contributed by atoms with E-state index in [1.165, 1.54) is 24.3 Å². The lowest BCUT2D eigenvalue weighted by Crippen LogP contribution is -2.37. The summed E-state index contributed by atoms with van der Waals surface area (Å²) < 4.78 is 0. The molecule has 0 saturated heterocycles. The summed E-state index contributed by atoms with van der Waals surface area (Å²) in [6, 6.07) is 2.33. The second-order valence-electron chi connectivity index (χ2n) is 4.74. The van der Waals surface area contributed by atoms with E-state index in [0.717, 1.165) is 18.8 Å². The largest absolute Gasteiger partial charge is 0.303 e. The summed E-state index contributed by atoms with van der Waals surface area (Å²) in [5.41, 5.74) is -0.332. The molecule has 3 heteroatoms. The lowest BCUT2D eigenvalue weighted by atomic mass is 9.97. The van der Waals surface area contributed by atoms with Gasteiger partial charge in [0.1, 0.15) is 5.54 Å². The molecule has 0 amide bonds. The molecule has 0 bridgehead atoms. The van der Waals surface area contributed by atoms with Gasteiger partial charge in [0, 0.05) is 0 Å². The zero-order chi connectivity index (χ0) is 12.4. The zero-order valence-electron chi connectivity index (χ0n) is 11.2. The average molecular weight is 242 g/mol. The zero-order valence-corrected chi connectivity index (χ0v) is 12.0. The highest BCUT2D eigenvalue weighted by molar-refractivity contribution is 7.99. The first-order valence-corrected chi connectivity index (χ1v) is 7.41. The molecule has 2 unspecified atom stereocenters. The Morgan fingerprint density at radius 3 is 2.62 bits per heavy atom. The van der Waals surface area contributed by atoms with Crippen LogP contribution in [0.3, 0.4) is 0 Å². The summed E-state index contributed by atoms with van der Waals surface area (Å²) in [4.78, 5) is 0. The minimum absolute atomic E-state index is 0.332. The fraction of sp³-hybridized carbons (Fsp3) is 0.923. The van der Waals surface area contributed by atoms with Crippen LogP contribution in [0.5, 0.6) is 0 Å². The van der Waals surface area contributed by atoms with E-state index in [1.54, 1.807) is 0 Å². The number of hydrogen-bond donors (Lipinski definition) is 1. The SMILES string of the molecule is CCC(C)CSCCCCC(C)(C#N)NC. The van der Waals surface area contributed by atoms with Crippen LogP contribution in [0.4, 0.5) is 0 Å². The molecular formula is C13H26N2S. The van der Waals surface area contributed by atoms with E-state index in [4.69, 9.17) is 5.26 Å². The maximum atomic E-state index is 8.97. The van der Waals surface area contributed by atoms with Gasteiger partial charge >= 0.3 is 0 Å². The second-order valence-corrected chi connectivity index (χ2v) is 5.89. The van der Waals surface area contributed by atoms with Gasteiger partial charge in [0.25, 0.3) is 0 Å². The van der Waals surface area contributed by atoms with Crippen molar-refractivity contribution in [2.45, 2.75) is 52.0 Å². The van der Waals surface area contributed by atoms with E-state index in [0.29, 0.717) is 0 Å². The fourth-order valence-corrected chi connectivity index (χ4v) is 2.53. The number of unbranched alkanes of at least 4 members (excludes halogenated alkanes) is 1. The van der Waals surface area contributed by atoms with Gasteiger partial charge in [-0.1, -0.05) is 20.3 Å². The molecule has 0 spiro atoms. The van der Waals surface area contributed by atoms with Crippen LogP contribution in [-0.4, -0.2) is 24.1 Å². The Balaban J connectivity index is 3.44. The predicted octanol–water partition coefficient (Wildman–Crippen LogP) is 3.44. The number of hydrogen-bond acceptors (Lipinski definition) is 3. The van der Waals surface area contributed by atoms with Crippen molar-refractivity contribution in [2.75, 3.05) is 18.6 Å². The van der Waals surface area contributed by atoms with Gasteiger partial charge in [-0.3, -0.25) is 0 Å². The quantitative estimate of drug-likeness (QED) is 0.629. The molecule has 0 saturated carbocycles. The second kappa shape index (κ2) is 8.90. The third-order valence-electron chi connectivity index (χ3n) is 3.11. The molecule has 94 valence electrons. The fourth-order valence-electron chi connectivity index (χ4n) is 1.32. The van der Waals surface area contributed by atoms with Crippen molar-refractivity contribution in [2.24, 2.45) is 5.92 Å². The summed E-state index contributed by atoms with van der Waals surface area (Å²) in [7, 11) is 1.86. The van der Waals surface area contributed by atoms with Crippen molar-refractivity contribution in [3.63, 3.8) is 0 Å². The molecule has 0 aliphatic heterocycles. The van der Waals surface area contributed by atoms with Gasteiger partial charge in [-0.05, 0) is 50.7 Å². The molecule has 2 nitrogen and oxygen atoms in total. The molecule has 0 heterocycles. The third-order valence-corrected chi connectivity index (χ3v) is 4.50. The molecule has 2 atom stereocenters. The highest BCUT2D eigenvalue weighted by Gasteiger charge is 2.19. The normalized spacial score (nSPS) is 16.4. The van der Waals surface area contributed by atoms with E-state index >= 15 is 0 Å². The summed E-state index contributed by atoms with van der Waals surface area (Å²) >= 11 is 2.05. The monoisotopic (exact) mass is 242 g/mol. The van der Waals surface area contributed by atoms with Crippen LogP contribution in [0, 0.1) is 17.2 Å². The van der Waals surface area contributed by atoms with Crippen LogP contribution >= 0.6 is 11.8 Å². The molecule has 0 aromatic carbocycles. The molecule has 0 radical (unpaired) electrons. The van der Waals surface area contributed by atoms with Gasteiger partial charge in [0.05, 0.1) is 6.07 Å². The molecule has 0 rings (SSSR count). The van der Waals surface area contributed by atoms with E-state index in [-0.39, 0.29) is 5.54 Å². The Kier molecular flexibility index (Phi) is 8.78. The molecule has 0 aliphatic carbocycles. The highest BCUT2D eigenvalue weighted by atomic mass is 32.2. The Morgan fingerprint density at radius 2 is 2.12 bits per heavy atom. The molecule has 1 N–H and O–H groups in total. The van der Waals surface area contributed by atoms with Crippen LogP contribution < -0.4 is 5.32 Å². The summed E-state index contributed by atoms with van der Waals surface area (Å²) in [5.74, 6) is 3.35. The van der Waals surface area contributed by atoms with E-state index < -0.39 is 0 Å². The van der Waals surface area contributed by atoms with Gasteiger partial charge in [0.15, 0.2) is 0 Å². The summed E-state index contributed by atoms with van der Waals surface area (Å²) in [6.45, 7) is 6.52. The standard InChI is InChI=1S/C13H26N2S/c1-5-12(2)10-16-9-7-6-8-13(3,11-14)15-4/h12,15H,5-10H2,1-4H3. The number of nitrogens with one attached hydrogen (secondary N) is 1. The highest BCUT2D eigenvalue weighted by Crippen LogP contribution is 2.16. The van der Waals surface area contributed by atoms with Gasteiger partial charge in [-0.2, -0.15) is 17.0 Å². The first kappa shape index (κ1) is 15.8. The Morgan fingerprint density at radius 1 is 1.44 bits per heavy atom. The molecule has 0 aromatic rings. The number of nitriles is 1. The van der Waals surface area contributed by atoms with Crippen LogP contribution in [0.25, 0.3) is 0 Å². The molecule has 0 aromatic heterocycles. The van der Waals surface area contributed by atoms with Gasteiger partial charge in [-0.15, -0.1) is 0 Å². The lowest BCUT2D eigenvalue weighted by Gasteiger charge is -2.20. The van der Waals surface area contributed by atoms with Crippen molar-refractivity contribution in [3.8, 4) is 6.07 Å². The van der Waals surface area contributed by atoms with E-state index in [2.05, 4.69) is 25.2 Å². The topological polar surface area (TPSA) is 35.8 Å². The molecular weight excluding hydrogens is 216 g/mol. The van der Waals surface area contributed by atoms with E-state index in [9.17, 15) is 0 Å². The van der Waals surface area contributed by atoms with Crippen LogP contribution in [0.2, 0.25) is 0 Å². The minimum atomic E-state index is -0.332. The lowest BCUT2D eigenvalue weighted by molar-refractivity contribution is 0.439. The van der Waals surface area contributed by atoms with Crippen molar-refractivity contribution in [3.05, 3.63) is 0 Å². The molecule has 0 fully saturated rings. The Hall–Kier alpha value is -0.200. The first-order valence-electron chi connectivity index (χ1n) is 6.26. The predicted molar refractivity (Wildman–Crippen MR) is 73.7 cm³/mol. The molecule has 0 aliphatic rings. The van der Waals surface area contributed by atoms with Crippen molar-refractivity contribution in [1.82, 2.24) is 5.32 Å². The van der Waals surface area contributed by atoms with Crippen LogP contribution in [0.15, 0.2) is 0 Å². The van der Waals surface area contributed by atoms with Crippen molar-refractivity contribution >= 4 is 11.8 Å². The minimum Gasteiger partial charge on any atom is -0.303 e. The first-order chi connectivity index (χ1) is 7.58. The van der Waals surface area contributed by atoms with Gasteiger partial charge in [0.2, 0.25) is 0 Å². The maximum Gasteiger partial charge on any atom is 0.103 e. The Labute approximate surface area is 105 Å². The van der Waals surface area contributed by atoms with Crippen molar-refractivity contribution in [1.29, 1.82) is 5.26 Å². The smallest absolute Gasteiger partial charge is 0.103 e. The summed E-state index contributed by atoms with van der Waals surface area (Å²) in [5, 5.41) is 12.1. The van der Waals surface area contributed by atoms with Crippen LogP contribution in [0.1, 0.15) is 46.5 Å². The van der Waals surface area contributed by atoms with E-state index in [1.807, 2.05) is 25.7 Å². The number of nitrogens with zero attached hydrogens (tertiary/aromatic N) is 1. The average Bonchev–Trinajstić information content (AvgIpc) is 2.32. The molecule has 16 heavy (non-hydrogen) atoms. The van der Waals surface area contributed by atoms with Gasteiger partial charge in [-0.25, -0.2) is 0 Å². The maximum absolute atomic E-state index is 8.97. The van der Waals surface area contributed by atoms with Crippen LogP contribution in [-0.2, 0) is 0 Å². The number of rotatable bonds is 9. The third kappa shape index (κ3) is 7.14. The Bertz CT molecular complexity index is 212. The van der Waals surface area contributed by atoms with Gasteiger partial charge < -0.3 is 5.32 Å².